The summed E-state index contributed by atoms with van der Waals surface area (Å²) in [7, 11) is 0. The maximum atomic E-state index is 12.9. The first-order chi connectivity index (χ1) is 8.45. The molecule has 94 valence electrons. The number of halogens is 1. The van der Waals surface area contributed by atoms with Crippen molar-refractivity contribution in [3.8, 4) is 11.5 Å². The molecule has 0 bridgehead atoms. The number of ether oxygens (including phenoxy) is 1. The number of rotatable bonds is 2. The number of hydrogen-bond acceptors (Lipinski definition) is 2. The summed E-state index contributed by atoms with van der Waals surface area (Å²) in [5.74, 6) is 0.596. The second-order valence-corrected chi connectivity index (χ2v) is 5.19. The van der Waals surface area contributed by atoms with Crippen molar-refractivity contribution in [2.45, 2.75) is 26.2 Å². The minimum absolute atomic E-state index is 0.112. The number of pyridine rings is 1. The molecule has 2 nitrogen and oxygen atoms in total. The highest BCUT2D eigenvalue weighted by molar-refractivity contribution is 5.34. The first-order valence-electron chi connectivity index (χ1n) is 5.85. The SMILES string of the molecule is CC(C)(C)c1ccc(Oc2ccnc(F)c2)cc1. The quantitative estimate of drug-likeness (QED) is 0.735. The Morgan fingerprint density at radius 3 is 2.22 bits per heavy atom. The Morgan fingerprint density at radius 2 is 1.67 bits per heavy atom. The summed E-state index contributed by atoms with van der Waals surface area (Å²) in [6, 6.07) is 10.7. The van der Waals surface area contributed by atoms with Gasteiger partial charge in [-0.15, -0.1) is 0 Å². The third kappa shape index (κ3) is 3.06. The number of nitrogens with zero attached hydrogens (tertiary/aromatic N) is 1. The summed E-state index contributed by atoms with van der Waals surface area (Å²) < 4.78 is 18.4. The summed E-state index contributed by atoms with van der Waals surface area (Å²) >= 11 is 0. The van der Waals surface area contributed by atoms with Crippen LogP contribution in [0.3, 0.4) is 0 Å². The van der Waals surface area contributed by atoms with Gasteiger partial charge in [-0.25, -0.2) is 4.98 Å². The highest BCUT2D eigenvalue weighted by Crippen LogP contribution is 2.26. The van der Waals surface area contributed by atoms with Crippen molar-refractivity contribution in [3.63, 3.8) is 0 Å². The van der Waals surface area contributed by atoms with Crippen LogP contribution in [0.25, 0.3) is 0 Å². The fourth-order valence-corrected chi connectivity index (χ4v) is 1.61. The van der Waals surface area contributed by atoms with Crippen molar-refractivity contribution >= 4 is 0 Å². The number of hydrogen-bond donors (Lipinski definition) is 0. The van der Waals surface area contributed by atoms with Crippen LogP contribution in [0.1, 0.15) is 26.3 Å². The first kappa shape index (κ1) is 12.6. The van der Waals surface area contributed by atoms with Crippen molar-refractivity contribution in [2.75, 3.05) is 0 Å². The number of benzene rings is 1. The Hall–Kier alpha value is -1.90. The van der Waals surface area contributed by atoms with Crippen molar-refractivity contribution in [1.29, 1.82) is 0 Å². The van der Waals surface area contributed by atoms with Crippen LogP contribution < -0.4 is 4.74 Å². The van der Waals surface area contributed by atoms with Gasteiger partial charge in [-0.1, -0.05) is 32.9 Å². The predicted molar refractivity (Wildman–Crippen MR) is 69.4 cm³/mol. The Bertz CT molecular complexity index is 529. The summed E-state index contributed by atoms with van der Waals surface area (Å²) in [5, 5.41) is 0. The fourth-order valence-electron chi connectivity index (χ4n) is 1.61. The molecule has 1 aromatic heterocycles. The summed E-state index contributed by atoms with van der Waals surface area (Å²) in [6.07, 6.45) is 1.38. The Kier molecular flexibility index (Phi) is 3.32. The van der Waals surface area contributed by atoms with E-state index in [1.54, 1.807) is 6.07 Å². The van der Waals surface area contributed by atoms with Gasteiger partial charge in [0.05, 0.1) is 0 Å². The highest BCUT2D eigenvalue weighted by atomic mass is 19.1. The zero-order chi connectivity index (χ0) is 13.2. The fraction of sp³-hybridized carbons (Fsp3) is 0.267. The maximum Gasteiger partial charge on any atom is 0.216 e. The van der Waals surface area contributed by atoms with Crippen LogP contribution in [-0.4, -0.2) is 4.98 Å². The zero-order valence-corrected chi connectivity index (χ0v) is 10.8. The normalized spacial score (nSPS) is 11.3. The summed E-state index contributed by atoms with van der Waals surface area (Å²) in [5.41, 5.74) is 1.34. The lowest BCUT2D eigenvalue weighted by Crippen LogP contribution is -2.10. The first-order valence-corrected chi connectivity index (χ1v) is 5.85. The summed E-state index contributed by atoms with van der Waals surface area (Å²) in [6.45, 7) is 6.46. The lowest BCUT2D eigenvalue weighted by atomic mass is 9.87. The molecule has 0 radical (unpaired) electrons. The molecule has 0 spiro atoms. The van der Waals surface area contributed by atoms with E-state index in [1.807, 2.05) is 24.3 Å². The van der Waals surface area contributed by atoms with Gasteiger partial charge >= 0.3 is 0 Å². The molecule has 0 amide bonds. The highest BCUT2D eigenvalue weighted by Gasteiger charge is 2.13. The number of aromatic nitrogens is 1. The van der Waals surface area contributed by atoms with Crippen molar-refractivity contribution in [2.24, 2.45) is 0 Å². The average Bonchev–Trinajstić information content (AvgIpc) is 2.28. The molecule has 3 heteroatoms. The van der Waals surface area contributed by atoms with E-state index in [2.05, 4.69) is 25.8 Å². The molecule has 1 aromatic carbocycles. The molecule has 0 aliphatic heterocycles. The van der Waals surface area contributed by atoms with Crippen molar-refractivity contribution in [3.05, 3.63) is 54.1 Å². The molecule has 1 heterocycles. The lowest BCUT2D eigenvalue weighted by molar-refractivity contribution is 0.471. The second-order valence-electron chi connectivity index (χ2n) is 5.19. The molecule has 2 aromatic rings. The standard InChI is InChI=1S/C15H16FNO/c1-15(2,3)11-4-6-12(7-5-11)18-13-8-9-17-14(16)10-13/h4-10H,1-3H3. The molecule has 0 fully saturated rings. The minimum Gasteiger partial charge on any atom is -0.457 e. The van der Waals surface area contributed by atoms with Gasteiger partial charge in [-0.05, 0) is 29.2 Å². The maximum absolute atomic E-state index is 12.9. The van der Waals surface area contributed by atoms with E-state index in [0.717, 1.165) is 0 Å². The molecular formula is C15H16FNO. The monoisotopic (exact) mass is 245 g/mol. The second kappa shape index (κ2) is 4.77. The topological polar surface area (TPSA) is 22.1 Å². The zero-order valence-electron chi connectivity index (χ0n) is 10.8. The van der Waals surface area contributed by atoms with E-state index in [9.17, 15) is 4.39 Å². The van der Waals surface area contributed by atoms with Crippen LogP contribution in [0.15, 0.2) is 42.6 Å². The van der Waals surface area contributed by atoms with Gasteiger partial charge in [-0.2, -0.15) is 4.39 Å². The van der Waals surface area contributed by atoms with Gasteiger partial charge in [-0.3, -0.25) is 0 Å². The van der Waals surface area contributed by atoms with Crippen LogP contribution in [-0.2, 0) is 5.41 Å². The minimum atomic E-state index is -0.543. The van der Waals surface area contributed by atoms with Gasteiger partial charge < -0.3 is 4.74 Å². The Labute approximate surface area is 106 Å². The predicted octanol–water partition coefficient (Wildman–Crippen LogP) is 4.31. The third-order valence-electron chi connectivity index (χ3n) is 2.65. The summed E-state index contributed by atoms with van der Waals surface area (Å²) in [4.78, 5) is 3.48. The van der Waals surface area contributed by atoms with Gasteiger partial charge in [0.1, 0.15) is 11.5 Å². The van der Waals surface area contributed by atoms with E-state index >= 15 is 0 Å². The average molecular weight is 245 g/mol. The smallest absolute Gasteiger partial charge is 0.216 e. The van der Waals surface area contributed by atoms with Crippen LogP contribution in [0.5, 0.6) is 11.5 Å². The molecule has 0 saturated heterocycles. The van der Waals surface area contributed by atoms with Crippen molar-refractivity contribution < 1.29 is 9.13 Å². The molecule has 0 atom stereocenters. The van der Waals surface area contributed by atoms with Crippen LogP contribution in [0.2, 0.25) is 0 Å². The molecule has 18 heavy (non-hydrogen) atoms. The van der Waals surface area contributed by atoms with Crippen LogP contribution in [0, 0.1) is 5.95 Å². The van der Waals surface area contributed by atoms with E-state index in [1.165, 1.54) is 17.8 Å². The van der Waals surface area contributed by atoms with E-state index in [0.29, 0.717) is 11.5 Å². The van der Waals surface area contributed by atoms with E-state index in [4.69, 9.17) is 4.74 Å². The molecule has 0 N–H and O–H groups in total. The van der Waals surface area contributed by atoms with Gasteiger partial charge in [0, 0.05) is 12.3 Å². The Morgan fingerprint density at radius 1 is 1.00 bits per heavy atom. The van der Waals surface area contributed by atoms with E-state index < -0.39 is 5.95 Å². The third-order valence-corrected chi connectivity index (χ3v) is 2.65. The molecule has 0 saturated carbocycles. The van der Waals surface area contributed by atoms with Crippen LogP contribution >= 0.6 is 0 Å². The largest absolute Gasteiger partial charge is 0.457 e. The Balaban J connectivity index is 2.16. The molecule has 0 unspecified atom stereocenters. The molecule has 0 aliphatic rings. The molecule has 0 aliphatic carbocycles. The van der Waals surface area contributed by atoms with E-state index in [-0.39, 0.29) is 5.41 Å². The molecule has 2 rings (SSSR count). The lowest BCUT2D eigenvalue weighted by Gasteiger charge is -2.19. The van der Waals surface area contributed by atoms with Crippen molar-refractivity contribution in [1.82, 2.24) is 4.98 Å². The van der Waals surface area contributed by atoms with Crippen LogP contribution in [0.4, 0.5) is 4.39 Å². The van der Waals surface area contributed by atoms with Gasteiger partial charge in [0.15, 0.2) is 0 Å². The molecular weight excluding hydrogens is 229 g/mol. The van der Waals surface area contributed by atoms with Gasteiger partial charge in [0.2, 0.25) is 5.95 Å². The van der Waals surface area contributed by atoms with Gasteiger partial charge in [0.25, 0.3) is 0 Å².